The van der Waals surface area contributed by atoms with Gasteiger partial charge in [-0.25, -0.2) is 9.59 Å². The van der Waals surface area contributed by atoms with E-state index in [9.17, 15) is 19.7 Å². The molecule has 9 heteroatoms. The van der Waals surface area contributed by atoms with Crippen molar-refractivity contribution in [2.75, 3.05) is 13.4 Å². The Morgan fingerprint density at radius 3 is 2.67 bits per heavy atom. The van der Waals surface area contributed by atoms with Gasteiger partial charge in [0.15, 0.2) is 6.79 Å². The Labute approximate surface area is 136 Å². The number of ether oxygens (including phenoxy) is 4. The topological polar surface area (TPSA) is 114 Å². The highest BCUT2D eigenvalue weighted by Crippen LogP contribution is 2.33. The van der Waals surface area contributed by atoms with Crippen LogP contribution in [-0.2, 0) is 37.0 Å². The highest BCUT2D eigenvalue weighted by atomic mass is 16.7. The molecule has 0 aliphatic carbocycles. The van der Waals surface area contributed by atoms with Crippen molar-refractivity contribution in [2.45, 2.75) is 20.1 Å². The van der Waals surface area contributed by atoms with Crippen LogP contribution < -0.4 is 4.74 Å². The molecular weight excluding hydrogens is 322 g/mol. The van der Waals surface area contributed by atoms with Crippen LogP contribution in [0, 0.1) is 10.1 Å². The summed E-state index contributed by atoms with van der Waals surface area (Å²) in [6.45, 7) is 1.77. The van der Waals surface area contributed by atoms with Crippen molar-refractivity contribution in [3.8, 4) is 5.75 Å². The molecule has 1 aromatic rings. The van der Waals surface area contributed by atoms with Crippen molar-refractivity contribution in [1.29, 1.82) is 0 Å². The van der Waals surface area contributed by atoms with E-state index in [1.165, 1.54) is 12.1 Å². The van der Waals surface area contributed by atoms with Crippen LogP contribution in [0.2, 0.25) is 0 Å². The second-order valence-corrected chi connectivity index (χ2v) is 4.65. The maximum Gasteiger partial charge on any atom is 0.331 e. The lowest BCUT2D eigenvalue weighted by Crippen LogP contribution is -2.14. The normalized spacial score (nSPS) is 13.0. The number of hydrogen-bond donors (Lipinski definition) is 0. The van der Waals surface area contributed by atoms with Crippen molar-refractivity contribution < 1.29 is 33.5 Å². The summed E-state index contributed by atoms with van der Waals surface area (Å²) in [5, 5.41) is 11.0. The Kier molecular flexibility index (Phi) is 5.85. The lowest BCUT2D eigenvalue weighted by Gasteiger charge is -2.20. The van der Waals surface area contributed by atoms with Crippen LogP contribution >= 0.6 is 0 Å². The van der Waals surface area contributed by atoms with E-state index in [1.807, 2.05) is 0 Å². The molecule has 1 heterocycles. The van der Waals surface area contributed by atoms with Gasteiger partial charge in [0.2, 0.25) is 0 Å². The van der Waals surface area contributed by atoms with Crippen molar-refractivity contribution in [1.82, 2.24) is 0 Å². The average Bonchev–Trinajstić information content (AvgIpc) is 2.57. The molecule has 24 heavy (non-hydrogen) atoms. The molecule has 9 nitrogen and oxygen atoms in total. The summed E-state index contributed by atoms with van der Waals surface area (Å²) in [6.07, 6.45) is 1.87. The molecule has 0 N–H and O–H groups in total. The number of carbonyl (C=O) groups excluding carboxylic acids is 2. The van der Waals surface area contributed by atoms with E-state index in [-0.39, 0.29) is 32.3 Å². The number of non-ortho nitro benzene ring substituents is 1. The third kappa shape index (κ3) is 4.53. The summed E-state index contributed by atoms with van der Waals surface area (Å²) in [4.78, 5) is 33.1. The van der Waals surface area contributed by atoms with Gasteiger partial charge in [0.05, 0.1) is 18.1 Å². The number of nitro groups is 1. The molecule has 0 spiro atoms. The first-order chi connectivity index (χ1) is 11.5. The van der Waals surface area contributed by atoms with Gasteiger partial charge in [0, 0.05) is 35.4 Å². The van der Waals surface area contributed by atoms with Crippen LogP contribution in [0.1, 0.15) is 18.1 Å². The van der Waals surface area contributed by atoms with Gasteiger partial charge in [-0.2, -0.15) is 0 Å². The number of benzene rings is 1. The summed E-state index contributed by atoms with van der Waals surface area (Å²) in [7, 11) is 0. The van der Waals surface area contributed by atoms with Crippen LogP contribution in [-0.4, -0.2) is 30.3 Å². The van der Waals surface area contributed by atoms with Crippen LogP contribution in [0.15, 0.2) is 24.3 Å². The van der Waals surface area contributed by atoms with E-state index in [0.717, 1.165) is 12.2 Å². The van der Waals surface area contributed by atoms with Crippen LogP contribution in [0.25, 0.3) is 0 Å². The molecule has 0 amide bonds. The first-order valence-electron chi connectivity index (χ1n) is 7.03. The molecule has 1 aromatic carbocycles. The zero-order chi connectivity index (χ0) is 17.5. The lowest BCUT2D eigenvalue weighted by molar-refractivity contribution is -0.385. The standard InChI is InChI=1S/C15H15NO8/c1-2-22-13(17)3-4-14(18)23-8-11-6-12(16(19)20)5-10-7-21-9-24-15(10)11/h3-6H,2,7-9H2,1H3/b4-3+. The summed E-state index contributed by atoms with van der Waals surface area (Å²) < 4.78 is 20.0. The van der Waals surface area contributed by atoms with E-state index in [1.54, 1.807) is 6.92 Å². The second-order valence-electron chi connectivity index (χ2n) is 4.65. The number of nitrogens with zero attached hydrogens (tertiary/aromatic N) is 1. The summed E-state index contributed by atoms with van der Waals surface area (Å²) >= 11 is 0. The minimum atomic E-state index is -0.782. The average molecular weight is 337 g/mol. The molecule has 0 aromatic heterocycles. The van der Waals surface area contributed by atoms with E-state index in [2.05, 4.69) is 4.74 Å². The van der Waals surface area contributed by atoms with Crippen molar-refractivity contribution in [3.63, 3.8) is 0 Å². The van der Waals surface area contributed by atoms with Crippen LogP contribution in [0.4, 0.5) is 5.69 Å². The Morgan fingerprint density at radius 2 is 2.00 bits per heavy atom. The maximum atomic E-state index is 11.6. The second kappa shape index (κ2) is 8.06. The minimum Gasteiger partial charge on any atom is -0.467 e. The quantitative estimate of drug-likeness (QED) is 0.333. The fraction of sp³-hybridized carbons (Fsp3) is 0.333. The van der Waals surface area contributed by atoms with E-state index >= 15 is 0 Å². The van der Waals surface area contributed by atoms with Crippen molar-refractivity contribution in [2.24, 2.45) is 0 Å². The number of nitro benzene ring substituents is 1. The zero-order valence-electron chi connectivity index (χ0n) is 12.9. The Morgan fingerprint density at radius 1 is 1.29 bits per heavy atom. The first kappa shape index (κ1) is 17.4. The zero-order valence-corrected chi connectivity index (χ0v) is 12.9. The number of hydrogen-bond acceptors (Lipinski definition) is 8. The molecule has 0 fully saturated rings. The molecule has 0 bridgehead atoms. The summed E-state index contributed by atoms with van der Waals surface area (Å²) in [5.74, 6) is -1.05. The molecule has 1 aliphatic rings. The smallest absolute Gasteiger partial charge is 0.331 e. The molecule has 0 saturated carbocycles. The SMILES string of the molecule is CCOC(=O)/C=C/C(=O)OCc1cc([N+](=O)[O-])cc2c1OCOC2. The Balaban J connectivity index is 2.08. The predicted molar refractivity (Wildman–Crippen MR) is 78.9 cm³/mol. The third-order valence-electron chi connectivity index (χ3n) is 2.99. The summed E-state index contributed by atoms with van der Waals surface area (Å²) in [5.41, 5.74) is 0.694. The first-order valence-corrected chi connectivity index (χ1v) is 7.03. The van der Waals surface area contributed by atoms with Gasteiger partial charge in [-0.3, -0.25) is 10.1 Å². The molecule has 0 atom stereocenters. The fourth-order valence-corrected chi connectivity index (χ4v) is 2.02. The third-order valence-corrected chi connectivity index (χ3v) is 2.99. The summed E-state index contributed by atoms with van der Waals surface area (Å²) in [6, 6.07) is 2.62. The van der Waals surface area contributed by atoms with Gasteiger partial charge in [-0.1, -0.05) is 0 Å². The van der Waals surface area contributed by atoms with Crippen LogP contribution in [0.5, 0.6) is 5.75 Å². The largest absolute Gasteiger partial charge is 0.467 e. The number of rotatable bonds is 6. The highest BCUT2D eigenvalue weighted by molar-refractivity contribution is 5.91. The Bertz CT molecular complexity index is 682. The van der Waals surface area contributed by atoms with Gasteiger partial charge in [-0.05, 0) is 6.92 Å². The monoisotopic (exact) mass is 337 g/mol. The van der Waals surface area contributed by atoms with Gasteiger partial charge in [0.25, 0.3) is 5.69 Å². The van der Waals surface area contributed by atoms with Crippen molar-refractivity contribution in [3.05, 3.63) is 45.5 Å². The van der Waals surface area contributed by atoms with E-state index in [4.69, 9.17) is 14.2 Å². The molecule has 0 unspecified atom stereocenters. The predicted octanol–water partition coefficient (Wildman–Crippen LogP) is 1.62. The van der Waals surface area contributed by atoms with Crippen molar-refractivity contribution >= 4 is 17.6 Å². The van der Waals surface area contributed by atoms with E-state index < -0.39 is 16.9 Å². The van der Waals surface area contributed by atoms with Gasteiger partial charge < -0.3 is 18.9 Å². The lowest BCUT2D eigenvalue weighted by atomic mass is 10.1. The molecule has 0 saturated heterocycles. The van der Waals surface area contributed by atoms with Gasteiger partial charge in [0.1, 0.15) is 12.4 Å². The fourth-order valence-electron chi connectivity index (χ4n) is 2.02. The molecule has 2 rings (SSSR count). The molecule has 128 valence electrons. The molecule has 1 aliphatic heterocycles. The van der Waals surface area contributed by atoms with E-state index in [0.29, 0.717) is 16.9 Å². The highest BCUT2D eigenvalue weighted by Gasteiger charge is 2.21. The number of esters is 2. The van der Waals surface area contributed by atoms with Crippen LogP contribution in [0.3, 0.4) is 0 Å². The van der Waals surface area contributed by atoms with Gasteiger partial charge in [-0.15, -0.1) is 0 Å². The molecular formula is C15H15NO8. The Hall–Kier alpha value is -2.94. The molecule has 0 radical (unpaired) electrons. The number of fused-ring (bicyclic) bond motifs is 1. The number of carbonyl (C=O) groups is 2. The maximum absolute atomic E-state index is 11.6. The minimum absolute atomic E-state index is 0.00845. The van der Waals surface area contributed by atoms with Gasteiger partial charge >= 0.3 is 11.9 Å².